The summed E-state index contributed by atoms with van der Waals surface area (Å²) in [6, 6.07) is 4.18. The molecule has 0 aromatic heterocycles. The smallest absolute Gasteiger partial charge is 0.0394 e. The van der Waals surface area contributed by atoms with Crippen molar-refractivity contribution in [3.8, 4) is 0 Å². The number of rotatable bonds is 2. The summed E-state index contributed by atoms with van der Waals surface area (Å²) in [7, 11) is 0. The van der Waals surface area contributed by atoms with Gasteiger partial charge in [0.05, 0.1) is 0 Å². The highest BCUT2D eigenvalue weighted by Crippen LogP contribution is 2.25. The fourth-order valence-corrected chi connectivity index (χ4v) is 1.40. The number of anilines is 1. The molecule has 0 aliphatic heterocycles. The summed E-state index contributed by atoms with van der Waals surface area (Å²) in [6.07, 6.45) is 0.923. The van der Waals surface area contributed by atoms with E-state index in [2.05, 4.69) is 19.9 Å². The zero-order valence-electron chi connectivity index (χ0n) is 8.59. The van der Waals surface area contributed by atoms with Gasteiger partial charge in [0.15, 0.2) is 0 Å². The third-order valence-electron chi connectivity index (χ3n) is 2.66. The van der Waals surface area contributed by atoms with E-state index in [4.69, 9.17) is 11.5 Å². The molecule has 0 radical (unpaired) electrons. The summed E-state index contributed by atoms with van der Waals surface area (Å²) >= 11 is 0. The highest BCUT2D eigenvalue weighted by molar-refractivity contribution is 5.57. The van der Waals surface area contributed by atoms with Gasteiger partial charge in [-0.1, -0.05) is 19.1 Å². The maximum absolute atomic E-state index is 5.98. The number of hydrogen-bond donors (Lipinski definition) is 2. The Hall–Kier alpha value is -1.02. The predicted molar refractivity (Wildman–Crippen MR) is 57.5 cm³/mol. The van der Waals surface area contributed by atoms with Crippen LogP contribution in [0.4, 0.5) is 5.69 Å². The van der Waals surface area contributed by atoms with E-state index in [0.29, 0.717) is 0 Å². The average molecular weight is 178 g/mol. The zero-order valence-corrected chi connectivity index (χ0v) is 8.59. The molecule has 1 rings (SSSR count). The summed E-state index contributed by atoms with van der Waals surface area (Å²) in [5.41, 5.74) is 16.2. The molecule has 2 heteroatoms. The lowest BCUT2D eigenvalue weighted by Crippen LogP contribution is -2.12. The molecule has 0 spiro atoms. The number of aryl methyl sites for hydroxylation is 1. The van der Waals surface area contributed by atoms with Crippen LogP contribution in [0, 0.1) is 13.8 Å². The Balaban J connectivity index is 3.18. The molecule has 0 amide bonds. The Morgan fingerprint density at radius 2 is 1.92 bits per heavy atom. The van der Waals surface area contributed by atoms with Crippen molar-refractivity contribution in [1.29, 1.82) is 0 Å². The molecule has 0 saturated heterocycles. The summed E-state index contributed by atoms with van der Waals surface area (Å²) < 4.78 is 0. The third-order valence-corrected chi connectivity index (χ3v) is 2.66. The van der Waals surface area contributed by atoms with Gasteiger partial charge in [-0.25, -0.2) is 0 Å². The number of hydrogen-bond acceptors (Lipinski definition) is 2. The van der Waals surface area contributed by atoms with Crippen molar-refractivity contribution >= 4 is 5.69 Å². The van der Waals surface area contributed by atoms with Crippen molar-refractivity contribution < 1.29 is 0 Å². The average Bonchev–Trinajstić information content (AvgIpc) is 2.13. The van der Waals surface area contributed by atoms with E-state index in [1.807, 2.05) is 13.0 Å². The van der Waals surface area contributed by atoms with Crippen LogP contribution < -0.4 is 11.5 Å². The molecular formula is C11H18N2. The third kappa shape index (κ3) is 1.83. The highest BCUT2D eigenvalue weighted by atomic mass is 14.7. The molecule has 72 valence electrons. The van der Waals surface area contributed by atoms with E-state index in [9.17, 15) is 0 Å². The second-order valence-electron chi connectivity index (χ2n) is 3.53. The van der Waals surface area contributed by atoms with Gasteiger partial charge in [0.2, 0.25) is 0 Å². The first-order valence-electron chi connectivity index (χ1n) is 4.69. The summed E-state index contributed by atoms with van der Waals surface area (Å²) in [4.78, 5) is 0. The fraction of sp³-hybridized carbons (Fsp3) is 0.455. The second-order valence-corrected chi connectivity index (χ2v) is 3.53. The number of nitrogens with two attached hydrogens (primary N) is 2. The van der Waals surface area contributed by atoms with Crippen molar-refractivity contribution in [3.63, 3.8) is 0 Å². The topological polar surface area (TPSA) is 52.0 Å². The Morgan fingerprint density at radius 3 is 2.46 bits per heavy atom. The van der Waals surface area contributed by atoms with Crippen molar-refractivity contribution in [1.82, 2.24) is 0 Å². The molecule has 0 aliphatic rings. The predicted octanol–water partition coefficient (Wildman–Crippen LogP) is 2.30. The normalized spacial score (nSPS) is 12.9. The Bertz CT molecular complexity index is 305. The molecule has 0 aliphatic carbocycles. The van der Waals surface area contributed by atoms with E-state index in [1.54, 1.807) is 0 Å². The van der Waals surface area contributed by atoms with Crippen molar-refractivity contribution in [3.05, 3.63) is 28.8 Å². The molecule has 2 nitrogen and oxygen atoms in total. The van der Waals surface area contributed by atoms with E-state index < -0.39 is 0 Å². The molecule has 0 unspecified atom stereocenters. The fourth-order valence-electron chi connectivity index (χ4n) is 1.40. The standard InChI is InChI=1S/C11H18N2/c1-4-10(12)9-6-5-7(2)8(3)11(9)13/h5-6,10H,4,12-13H2,1-3H3/t10-/m0/s1. The minimum Gasteiger partial charge on any atom is -0.398 e. The van der Waals surface area contributed by atoms with Gasteiger partial charge in [-0.3, -0.25) is 0 Å². The van der Waals surface area contributed by atoms with Gasteiger partial charge in [0.25, 0.3) is 0 Å². The van der Waals surface area contributed by atoms with Crippen LogP contribution in [0.1, 0.15) is 36.1 Å². The molecule has 13 heavy (non-hydrogen) atoms. The summed E-state index contributed by atoms with van der Waals surface area (Å²) in [6.45, 7) is 6.17. The van der Waals surface area contributed by atoms with Crippen LogP contribution in [0.3, 0.4) is 0 Å². The van der Waals surface area contributed by atoms with Crippen LogP contribution in [-0.2, 0) is 0 Å². The Kier molecular flexibility index (Phi) is 2.94. The van der Waals surface area contributed by atoms with Gasteiger partial charge in [0.1, 0.15) is 0 Å². The van der Waals surface area contributed by atoms with Crippen LogP contribution >= 0.6 is 0 Å². The minimum atomic E-state index is 0.0688. The second kappa shape index (κ2) is 3.79. The van der Waals surface area contributed by atoms with Gasteiger partial charge >= 0.3 is 0 Å². The van der Waals surface area contributed by atoms with Crippen molar-refractivity contribution in [2.24, 2.45) is 5.73 Å². The quantitative estimate of drug-likeness (QED) is 0.683. The SMILES string of the molecule is CC[C@H](N)c1ccc(C)c(C)c1N. The van der Waals surface area contributed by atoms with Crippen molar-refractivity contribution in [2.75, 3.05) is 5.73 Å². The van der Waals surface area contributed by atoms with Crippen LogP contribution in [0.5, 0.6) is 0 Å². The summed E-state index contributed by atoms with van der Waals surface area (Å²) in [5, 5.41) is 0. The molecule has 1 aromatic rings. The lowest BCUT2D eigenvalue weighted by molar-refractivity contribution is 0.700. The Morgan fingerprint density at radius 1 is 1.31 bits per heavy atom. The van der Waals surface area contributed by atoms with Gasteiger partial charge in [-0.2, -0.15) is 0 Å². The Labute approximate surface area is 79.9 Å². The van der Waals surface area contributed by atoms with Gasteiger partial charge < -0.3 is 11.5 Å². The van der Waals surface area contributed by atoms with E-state index in [1.165, 1.54) is 5.56 Å². The number of benzene rings is 1. The maximum atomic E-state index is 5.98. The first-order valence-corrected chi connectivity index (χ1v) is 4.69. The monoisotopic (exact) mass is 178 g/mol. The molecule has 0 fully saturated rings. The molecule has 4 N–H and O–H groups in total. The molecule has 0 heterocycles. The number of nitrogen functional groups attached to an aromatic ring is 1. The molecule has 1 aromatic carbocycles. The largest absolute Gasteiger partial charge is 0.398 e. The maximum Gasteiger partial charge on any atom is 0.0394 e. The van der Waals surface area contributed by atoms with Gasteiger partial charge in [-0.15, -0.1) is 0 Å². The first-order chi connectivity index (χ1) is 6.07. The summed E-state index contributed by atoms with van der Waals surface area (Å²) in [5.74, 6) is 0. The molecule has 0 bridgehead atoms. The van der Waals surface area contributed by atoms with Crippen LogP contribution in [-0.4, -0.2) is 0 Å². The lowest BCUT2D eigenvalue weighted by Gasteiger charge is -2.15. The van der Waals surface area contributed by atoms with Gasteiger partial charge in [0, 0.05) is 11.7 Å². The zero-order chi connectivity index (χ0) is 10.0. The first kappa shape index (κ1) is 10.1. The van der Waals surface area contributed by atoms with Crippen LogP contribution in [0.25, 0.3) is 0 Å². The molecule has 0 saturated carbocycles. The van der Waals surface area contributed by atoms with Crippen LogP contribution in [0.2, 0.25) is 0 Å². The highest BCUT2D eigenvalue weighted by Gasteiger charge is 2.09. The van der Waals surface area contributed by atoms with E-state index >= 15 is 0 Å². The molecule has 1 atom stereocenters. The van der Waals surface area contributed by atoms with Crippen LogP contribution in [0.15, 0.2) is 12.1 Å². The lowest BCUT2D eigenvalue weighted by atomic mass is 9.97. The van der Waals surface area contributed by atoms with Gasteiger partial charge in [-0.05, 0) is 37.0 Å². The molecular weight excluding hydrogens is 160 g/mol. The van der Waals surface area contributed by atoms with E-state index in [-0.39, 0.29) is 6.04 Å². The minimum absolute atomic E-state index is 0.0688. The van der Waals surface area contributed by atoms with Crippen molar-refractivity contribution in [2.45, 2.75) is 33.2 Å². The van der Waals surface area contributed by atoms with E-state index in [0.717, 1.165) is 23.2 Å².